The monoisotopic (exact) mass is 406 g/mol. The molecule has 0 aliphatic rings. The number of aromatic amines is 1. The van der Waals surface area contributed by atoms with Gasteiger partial charge < -0.3 is 10.1 Å². The first kappa shape index (κ1) is 19.1. The second kappa shape index (κ2) is 8.00. The van der Waals surface area contributed by atoms with Gasteiger partial charge in [0.05, 0.1) is 16.0 Å². The molecule has 0 atom stereocenters. The molecule has 0 fully saturated rings. The summed E-state index contributed by atoms with van der Waals surface area (Å²) in [6.45, 7) is 0.207. The molecular formula is C21H15FN4O4. The number of amides is 1. The number of nitro groups is 1. The molecule has 150 valence electrons. The van der Waals surface area contributed by atoms with Gasteiger partial charge in [0.1, 0.15) is 18.2 Å². The first-order chi connectivity index (χ1) is 14.5. The fourth-order valence-electron chi connectivity index (χ4n) is 2.88. The van der Waals surface area contributed by atoms with E-state index in [0.29, 0.717) is 16.7 Å². The first-order valence-corrected chi connectivity index (χ1v) is 8.91. The number of H-pyrrole nitrogens is 1. The van der Waals surface area contributed by atoms with E-state index in [0.717, 1.165) is 5.56 Å². The van der Waals surface area contributed by atoms with Crippen molar-refractivity contribution in [3.63, 3.8) is 0 Å². The van der Waals surface area contributed by atoms with Crippen LogP contribution in [0.5, 0.6) is 5.75 Å². The van der Waals surface area contributed by atoms with Gasteiger partial charge in [0.2, 0.25) is 0 Å². The summed E-state index contributed by atoms with van der Waals surface area (Å²) in [5, 5.41) is 20.8. The van der Waals surface area contributed by atoms with Crippen molar-refractivity contribution in [2.45, 2.75) is 6.61 Å². The predicted octanol–water partition coefficient (Wildman–Crippen LogP) is 4.44. The van der Waals surface area contributed by atoms with Crippen LogP contribution in [0.15, 0.2) is 66.7 Å². The number of aromatic nitrogens is 2. The van der Waals surface area contributed by atoms with Gasteiger partial charge in [0.25, 0.3) is 11.6 Å². The Morgan fingerprint density at radius 1 is 1.13 bits per heavy atom. The van der Waals surface area contributed by atoms with E-state index < -0.39 is 16.6 Å². The lowest BCUT2D eigenvalue weighted by molar-refractivity contribution is -0.384. The minimum atomic E-state index is -0.623. The van der Waals surface area contributed by atoms with Gasteiger partial charge in [-0.3, -0.25) is 20.0 Å². The van der Waals surface area contributed by atoms with Crippen LogP contribution >= 0.6 is 0 Å². The summed E-state index contributed by atoms with van der Waals surface area (Å²) in [5.74, 6) is -0.469. The maximum atomic E-state index is 13.8. The van der Waals surface area contributed by atoms with E-state index in [1.165, 1.54) is 30.3 Å². The zero-order chi connectivity index (χ0) is 21.1. The van der Waals surface area contributed by atoms with Crippen LogP contribution in [0.4, 0.5) is 15.9 Å². The van der Waals surface area contributed by atoms with Crippen molar-refractivity contribution >= 4 is 28.3 Å². The average molecular weight is 406 g/mol. The van der Waals surface area contributed by atoms with Gasteiger partial charge in [-0.2, -0.15) is 5.10 Å². The topological polar surface area (TPSA) is 110 Å². The number of non-ortho nitro benzene ring substituents is 1. The largest absolute Gasteiger partial charge is 0.489 e. The van der Waals surface area contributed by atoms with Crippen molar-refractivity contribution in [2.75, 3.05) is 5.32 Å². The zero-order valence-corrected chi connectivity index (χ0v) is 15.5. The van der Waals surface area contributed by atoms with E-state index in [1.807, 2.05) is 0 Å². The molecule has 1 amide bonds. The highest BCUT2D eigenvalue weighted by molar-refractivity contribution is 6.08. The molecule has 4 aromatic rings. The van der Waals surface area contributed by atoms with E-state index in [-0.39, 0.29) is 23.7 Å². The van der Waals surface area contributed by atoms with Gasteiger partial charge in [0.15, 0.2) is 5.82 Å². The molecule has 0 saturated carbocycles. The number of carbonyl (C=O) groups is 1. The predicted molar refractivity (Wildman–Crippen MR) is 108 cm³/mol. The third-order valence-electron chi connectivity index (χ3n) is 4.44. The fourth-order valence-corrected chi connectivity index (χ4v) is 2.88. The van der Waals surface area contributed by atoms with Crippen LogP contribution in [0.25, 0.3) is 10.9 Å². The highest BCUT2D eigenvalue weighted by Gasteiger charge is 2.15. The Morgan fingerprint density at radius 3 is 2.63 bits per heavy atom. The quantitative estimate of drug-likeness (QED) is 0.363. The number of nitrogens with one attached hydrogen (secondary N) is 2. The summed E-state index contributed by atoms with van der Waals surface area (Å²) in [5.41, 5.74) is 1.36. The van der Waals surface area contributed by atoms with E-state index in [9.17, 15) is 19.3 Å². The SMILES string of the molecule is O=C(Nc1n[nH]c2ccc(OCc3ccc([N+](=O)[O-])cc3)cc12)c1ccccc1F. The molecule has 3 aromatic carbocycles. The number of hydrogen-bond acceptors (Lipinski definition) is 5. The van der Waals surface area contributed by atoms with Crippen molar-refractivity contribution in [1.82, 2.24) is 10.2 Å². The van der Waals surface area contributed by atoms with Crippen LogP contribution in [0, 0.1) is 15.9 Å². The number of ether oxygens (including phenoxy) is 1. The van der Waals surface area contributed by atoms with Crippen LogP contribution in [-0.4, -0.2) is 21.0 Å². The van der Waals surface area contributed by atoms with E-state index in [1.54, 1.807) is 36.4 Å². The molecule has 1 aromatic heterocycles. The van der Waals surface area contributed by atoms with Gasteiger partial charge in [-0.25, -0.2) is 4.39 Å². The summed E-state index contributed by atoms with van der Waals surface area (Å²) >= 11 is 0. The Labute approximate surface area is 169 Å². The molecule has 0 unspecified atom stereocenters. The molecule has 9 heteroatoms. The number of nitro benzene ring substituents is 1. The Balaban J connectivity index is 1.50. The lowest BCUT2D eigenvalue weighted by Crippen LogP contribution is -2.14. The summed E-state index contributed by atoms with van der Waals surface area (Å²) in [7, 11) is 0. The average Bonchev–Trinajstić information content (AvgIpc) is 3.14. The third-order valence-corrected chi connectivity index (χ3v) is 4.44. The van der Waals surface area contributed by atoms with Gasteiger partial charge >= 0.3 is 0 Å². The second-order valence-electron chi connectivity index (χ2n) is 6.43. The molecule has 0 radical (unpaired) electrons. The number of carbonyl (C=O) groups excluding carboxylic acids is 1. The molecule has 0 saturated heterocycles. The highest BCUT2D eigenvalue weighted by atomic mass is 19.1. The van der Waals surface area contributed by atoms with Crippen LogP contribution < -0.4 is 10.1 Å². The molecule has 1 heterocycles. The molecular weight excluding hydrogens is 391 g/mol. The lowest BCUT2D eigenvalue weighted by Gasteiger charge is -2.07. The number of benzene rings is 3. The van der Waals surface area contributed by atoms with Gasteiger partial charge in [-0.15, -0.1) is 0 Å². The molecule has 4 rings (SSSR count). The summed E-state index contributed by atoms with van der Waals surface area (Å²) < 4.78 is 19.6. The molecule has 0 aliphatic heterocycles. The van der Waals surface area contributed by atoms with Crippen molar-refractivity contribution in [1.29, 1.82) is 0 Å². The van der Waals surface area contributed by atoms with Gasteiger partial charge in [-0.1, -0.05) is 12.1 Å². The molecule has 0 bridgehead atoms. The molecule has 0 aliphatic carbocycles. The third kappa shape index (κ3) is 3.95. The minimum Gasteiger partial charge on any atom is -0.489 e. The Morgan fingerprint density at radius 2 is 1.90 bits per heavy atom. The van der Waals surface area contributed by atoms with Crippen molar-refractivity contribution in [3.8, 4) is 5.75 Å². The fraction of sp³-hybridized carbons (Fsp3) is 0.0476. The van der Waals surface area contributed by atoms with Crippen LogP contribution in [-0.2, 0) is 6.61 Å². The lowest BCUT2D eigenvalue weighted by atomic mass is 10.2. The van der Waals surface area contributed by atoms with Crippen LogP contribution in [0.1, 0.15) is 15.9 Å². The van der Waals surface area contributed by atoms with Crippen molar-refractivity contribution in [3.05, 3.63) is 93.8 Å². The first-order valence-electron chi connectivity index (χ1n) is 8.91. The standard InChI is InChI=1S/C21H15FN4O4/c22-18-4-2-1-3-16(18)21(27)23-20-17-11-15(9-10-19(17)24-25-20)30-12-13-5-7-14(8-6-13)26(28)29/h1-11H,12H2,(H2,23,24,25,27). The smallest absolute Gasteiger partial charge is 0.269 e. The normalized spacial score (nSPS) is 10.7. The van der Waals surface area contributed by atoms with Gasteiger partial charge in [-0.05, 0) is 48.0 Å². The molecule has 2 N–H and O–H groups in total. The minimum absolute atomic E-state index is 0.00815. The summed E-state index contributed by atoms with van der Waals surface area (Å²) in [4.78, 5) is 22.6. The number of anilines is 1. The molecule has 8 nitrogen and oxygen atoms in total. The summed E-state index contributed by atoms with van der Waals surface area (Å²) in [6.07, 6.45) is 0. The van der Waals surface area contributed by atoms with E-state index in [4.69, 9.17) is 4.74 Å². The Bertz CT molecular complexity index is 1240. The number of rotatable bonds is 6. The van der Waals surface area contributed by atoms with Gasteiger partial charge in [0, 0.05) is 17.5 Å². The maximum Gasteiger partial charge on any atom is 0.269 e. The van der Waals surface area contributed by atoms with Crippen molar-refractivity contribution < 1.29 is 18.8 Å². The molecule has 30 heavy (non-hydrogen) atoms. The molecule has 0 spiro atoms. The van der Waals surface area contributed by atoms with Crippen LogP contribution in [0.2, 0.25) is 0 Å². The number of hydrogen-bond donors (Lipinski definition) is 2. The maximum absolute atomic E-state index is 13.8. The number of nitrogens with zero attached hydrogens (tertiary/aromatic N) is 2. The van der Waals surface area contributed by atoms with Crippen LogP contribution in [0.3, 0.4) is 0 Å². The zero-order valence-electron chi connectivity index (χ0n) is 15.5. The second-order valence-corrected chi connectivity index (χ2v) is 6.43. The Kier molecular flexibility index (Phi) is 5.08. The number of fused-ring (bicyclic) bond motifs is 1. The van der Waals surface area contributed by atoms with E-state index >= 15 is 0 Å². The Hall–Kier alpha value is -4.27. The van der Waals surface area contributed by atoms with E-state index in [2.05, 4.69) is 15.5 Å². The van der Waals surface area contributed by atoms with Crippen molar-refractivity contribution in [2.24, 2.45) is 0 Å². The highest BCUT2D eigenvalue weighted by Crippen LogP contribution is 2.26. The number of halogens is 1. The summed E-state index contributed by atoms with van der Waals surface area (Å²) in [6, 6.07) is 16.9.